The summed E-state index contributed by atoms with van der Waals surface area (Å²) >= 11 is 4.69. The highest BCUT2D eigenvalue weighted by Gasteiger charge is 2.28. The molecule has 1 aliphatic carbocycles. The summed E-state index contributed by atoms with van der Waals surface area (Å²) in [6, 6.07) is 3.81. The first-order valence-corrected chi connectivity index (χ1v) is 9.00. The van der Waals surface area contributed by atoms with Gasteiger partial charge in [0.2, 0.25) is 11.1 Å². The van der Waals surface area contributed by atoms with E-state index in [1.165, 1.54) is 11.8 Å². The number of aromatic amines is 2. The van der Waals surface area contributed by atoms with Gasteiger partial charge in [0.15, 0.2) is 0 Å². The van der Waals surface area contributed by atoms with Gasteiger partial charge < -0.3 is 15.3 Å². The number of hydrogen-bond donors (Lipinski definition) is 3. The van der Waals surface area contributed by atoms with Crippen LogP contribution in [0.5, 0.6) is 0 Å². The number of carbonyl (C=O) groups is 1. The van der Waals surface area contributed by atoms with Gasteiger partial charge in [-0.15, -0.1) is 5.10 Å². The minimum absolute atomic E-state index is 0.178. The Morgan fingerprint density at radius 1 is 1.38 bits per heavy atom. The largest absolute Gasteiger partial charge is 0.324 e. The molecule has 0 atom stereocenters. The highest BCUT2D eigenvalue weighted by Crippen LogP contribution is 2.36. The molecule has 2 heterocycles. The molecule has 124 valence electrons. The molecule has 2 aromatic heterocycles. The van der Waals surface area contributed by atoms with Crippen LogP contribution in [0.4, 0.5) is 5.69 Å². The maximum absolute atomic E-state index is 12.2. The Labute approximate surface area is 147 Å². The van der Waals surface area contributed by atoms with Crippen molar-refractivity contribution in [3.05, 3.63) is 27.1 Å². The number of rotatable bonds is 5. The molecule has 0 unspecified atom stereocenters. The van der Waals surface area contributed by atoms with Gasteiger partial charge in [-0.05, 0) is 51.3 Å². The number of nitrogens with zero attached hydrogens (tertiary/aromatic N) is 4. The summed E-state index contributed by atoms with van der Waals surface area (Å²) in [4.78, 5) is 28.8. The summed E-state index contributed by atoms with van der Waals surface area (Å²) in [7, 11) is 0. The molecule has 0 saturated heterocycles. The van der Waals surface area contributed by atoms with Crippen LogP contribution in [-0.2, 0) is 4.79 Å². The molecule has 0 radical (unpaired) electrons. The minimum Gasteiger partial charge on any atom is -0.324 e. The summed E-state index contributed by atoms with van der Waals surface area (Å²) in [6.07, 6.45) is 2.15. The van der Waals surface area contributed by atoms with Gasteiger partial charge in [0.1, 0.15) is 0 Å². The lowest BCUT2D eigenvalue weighted by molar-refractivity contribution is -0.113. The smallest absolute Gasteiger partial charge is 0.323 e. The number of fused-ring (bicyclic) bond motifs is 1. The second-order valence-electron chi connectivity index (χ2n) is 5.43. The number of hydrogen-bond acceptors (Lipinski definition) is 6. The van der Waals surface area contributed by atoms with Crippen LogP contribution in [0.3, 0.4) is 0 Å². The zero-order chi connectivity index (χ0) is 16.7. The zero-order valence-corrected chi connectivity index (χ0v) is 14.6. The lowest BCUT2D eigenvalue weighted by Gasteiger charge is -2.07. The number of halogens is 1. The number of nitrogens with one attached hydrogen (secondary N) is 3. The second kappa shape index (κ2) is 6.06. The van der Waals surface area contributed by atoms with Crippen LogP contribution in [0.15, 0.2) is 26.6 Å². The number of benzene rings is 1. The van der Waals surface area contributed by atoms with Crippen LogP contribution in [0.2, 0.25) is 0 Å². The quantitative estimate of drug-likeness (QED) is 0.551. The van der Waals surface area contributed by atoms with Crippen molar-refractivity contribution in [1.82, 2.24) is 30.2 Å². The standard InChI is InChI=1S/C13H12BrN7O2S/c14-7-3-9-10(17-12(23)16-9)4-8(7)15-11(22)5-24-13-18-19-20-21(13)6-1-2-6/h3-4,6H,1-2,5H2,(H,15,22)(H2,16,17,23). The number of thioether (sulfide) groups is 1. The molecule has 1 aliphatic rings. The summed E-state index contributed by atoms with van der Waals surface area (Å²) < 4.78 is 2.45. The van der Waals surface area contributed by atoms with Gasteiger partial charge in [-0.1, -0.05) is 11.8 Å². The topological polar surface area (TPSA) is 121 Å². The van der Waals surface area contributed by atoms with Gasteiger partial charge in [0.25, 0.3) is 0 Å². The number of carbonyl (C=O) groups excluding carboxylic acids is 1. The van der Waals surface area contributed by atoms with E-state index in [1.807, 2.05) is 0 Å². The van der Waals surface area contributed by atoms with Crippen molar-refractivity contribution < 1.29 is 4.79 Å². The number of amides is 1. The number of imidazole rings is 1. The van der Waals surface area contributed by atoms with Crippen molar-refractivity contribution >= 4 is 50.3 Å². The Balaban J connectivity index is 1.44. The zero-order valence-electron chi connectivity index (χ0n) is 12.2. The normalized spacial score (nSPS) is 14.2. The van der Waals surface area contributed by atoms with Gasteiger partial charge in [0, 0.05) is 4.47 Å². The van der Waals surface area contributed by atoms with E-state index < -0.39 is 0 Å². The monoisotopic (exact) mass is 409 g/mol. The molecule has 11 heteroatoms. The molecule has 1 amide bonds. The van der Waals surface area contributed by atoms with Crippen LogP contribution < -0.4 is 11.0 Å². The highest BCUT2D eigenvalue weighted by atomic mass is 79.9. The maximum atomic E-state index is 12.2. The predicted octanol–water partition coefficient (Wildman–Crippen LogP) is 1.67. The Bertz CT molecular complexity index is 974. The summed E-state index contributed by atoms with van der Waals surface area (Å²) in [5.74, 6) is 0.0181. The third kappa shape index (κ3) is 3.08. The number of aromatic nitrogens is 6. The third-order valence-corrected chi connectivity index (χ3v) is 5.15. The van der Waals surface area contributed by atoms with Gasteiger partial charge in [-0.2, -0.15) is 0 Å². The van der Waals surface area contributed by atoms with Crippen molar-refractivity contribution in [3.63, 3.8) is 0 Å². The first kappa shape index (κ1) is 15.4. The van der Waals surface area contributed by atoms with E-state index in [0.717, 1.165) is 12.8 Å². The fourth-order valence-corrected chi connectivity index (χ4v) is 3.48. The molecule has 1 saturated carbocycles. The number of anilines is 1. The van der Waals surface area contributed by atoms with E-state index in [1.54, 1.807) is 16.8 Å². The van der Waals surface area contributed by atoms with E-state index in [2.05, 4.69) is 46.7 Å². The van der Waals surface area contributed by atoms with Gasteiger partial charge in [-0.3, -0.25) is 4.79 Å². The van der Waals surface area contributed by atoms with E-state index in [9.17, 15) is 9.59 Å². The highest BCUT2D eigenvalue weighted by molar-refractivity contribution is 9.10. The Kier molecular flexibility index (Phi) is 3.88. The molecule has 3 N–H and O–H groups in total. The number of H-pyrrole nitrogens is 2. The Hall–Kier alpha value is -2.14. The van der Waals surface area contributed by atoms with Crippen molar-refractivity contribution in [1.29, 1.82) is 0 Å². The van der Waals surface area contributed by atoms with Crippen LogP contribution in [0.25, 0.3) is 11.0 Å². The predicted molar refractivity (Wildman–Crippen MR) is 92.1 cm³/mol. The van der Waals surface area contributed by atoms with E-state index in [0.29, 0.717) is 32.4 Å². The molecule has 4 rings (SSSR count). The van der Waals surface area contributed by atoms with E-state index >= 15 is 0 Å². The minimum atomic E-state index is -0.289. The van der Waals surface area contributed by atoms with Crippen LogP contribution in [-0.4, -0.2) is 41.8 Å². The first-order valence-electron chi connectivity index (χ1n) is 7.22. The molecule has 0 bridgehead atoms. The fourth-order valence-electron chi connectivity index (χ4n) is 2.30. The van der Waals surface area contributed by atoms with Crippen LogP contribution in [0.1, 0.15) is 18.9 Å². The average Bonchev–Trinajstić information content (AvgIpc) is 3.16. The lowest BCUT2D eigenvalue weighted by atomic mass is 10.3. The van der Waals surface area contributed by atoms with Gasteiger partial charge >= 0.3 is 5.69 Å². The number of tetrazole rings is 1. The lowest BCUT2D eigenvalue weighted by Crippen LogP contribution is -2.15. The molecule has 0 spiro atoms. The molecular weight excluding hydrogens is 398 g/mol. The maximum Gasteiger partial charge on any atom is 0.323 e. The summed E-state index contributed by atoms with van der Waals surface area (Å²) in [6.45, 7) is 0. The van der Waals surface area contributed by atoms with Crippen LogP contribution in [0, 0.1) is 0 Å². The second-order valence-corrected chi connectivity index (χ2v) is 7.23. The summed E-state index contributed by atoms with van der Waals surface area (Å²) in [5, 5.41) is 15.0. The Morgan fingerprint density at radius 2 is 2.12 bits per heavy atom. The third-order valence-electron chi connectivity index (χ3n) is 3.57. The molecular formula is C13H12BrN7O2S. The first-order chi connectivity index (χ1) is 11.6. The Morgan fingerprint density at radius 3 is 2.88 bits per heavy atom. The molecule has 3 aromatic rings. The molecule has 0 aliphatic heterocycles. The fraction of sp³-hybridized carbons (Fsp3) is 0.308. The molecule has 9 nitrogen and oxygen atoms in total. The van der Waals surface area contributed by atoms with Crippen molar-refractivity contribution in [3.8, 4) is 0 Å². The van der Waals surface area contributed by atoms with Crippen molar-refractivity contribution in [2.75, 3.05) is 11.1 Å². The molecule has 1 fully saturated rings. The van der Waals surface area contributed by atoms with E-state index in [-0.39, 0.29) is 17.3 Å². The SMILES string of the molecule is O=C(CSc1nnnn1C1CC1)Nc1cc2[nH]c(=O)[nH]c2cc1Br. The van der Waals surface area contributed by atoms with E-state index in [4.69, 9.17) is 0 Å². The van der Waals surface area contributed by atoms with Gasteiger partial charge in [-0.25, -0.2) is 9.48 Å². The van der Waals surface area contributed by atoms with Crippen molar-refractivity contribution in [2.24, 2.45) is 0 Å². The molecule has 24 heavy (non-hydrogen) atoms. The summed E-state index contributed by atoms with van der Waals surface area (Å²) in [5.41, 5.74) is 1.60. The van der Waals surface area contributed by atoms with Crippen LogP contribution >= 0.6 is 27.7 Å². The van der Waals surface area contributed by atoms with Crippen molar-refractivity contribution in [2.45, 2.75) is 24.0 Å². The average molecular weight is 410 g/mol. The van der Waals surface area contributed by atoms with Gasteiger partial charge in [0.05, 0.1) is 28.5 Å². The molecule has 1 aromatic carbocycles.